The van der Waals surface area contributed by atoms with Crippen molar-refractivity contribution >= 4 is 71.9 Å². The van der Waals surface area contributed by atoms with Crippen LogP contribution in [0.15, 0.2) is 81.7 Å². The van der Waals surface area contributed by atoms with Crippen LogP contribution in [0.4, 0.5) is 11.4 Å². The van der Waals surface area contributed by atoms with Crippen LogP contribution in [0.3, 0.4) is 0 Å². The average molecular weight is 570 g/mol. The van der Waals surface area contributed by atoms with E-state index in [4.69, 9.17) is 0 Å². The average Bonchev–Trinajstić information content (AvgIpc) is 3.14. The number of carbonyl (C=O) groups excluding carboxylic acids is 3. The number of hydrogen-bond donors (Lipinski definition) is 3. The molecule has 4 aromatic rings. The molecule has 0 saturated heterocycles. The second kappa shape index (κ2) is 9.60. The van der Waals surface area contributed by atoms with Crippen LogP contribution in [0, 0.1) is 6.92 Å². The molecule has 3 amide bonds. The van der Waals surface area contributed by atoms with Gasteiger partial charge < -0.3 is 10.6 Å². The Morgan fingerprint density at radius 3 is 2.27 bits per heavy atom. The van der Waals surface area contributed by atoms with Crippen molar-refractivity contribution in [2.75, 3.05) is 16.1 Å². The summed E-state index contributed by atoms with van der Waals surface area (Å²) in [5, 5.41) is 6.09. The molecule has 0 saturated carbocycles. The zero-order chi connectivity index (χ0) is 23.5. The Kier molecular flexibility index (Phi) is 6.62. The molecule has 1 heterocycles. The molecule has 0 bridgehead atoms. The lowest BCUT2D eigenvalue weighted by atomic mass is 10.2. The summed E-state index contributed by atoms with van der Waals surface area (Å²) in [6.07, 6.45) is 0. The number of rotatable bonds is 4. The summed E-state index contributed by atoms with van der Waals surface area (Å²) < 4.78 is 3.06. The van der Waals surface area contributed by atoms with Gasteiger partial charge in [0.1, 0.15) is 5.69 Å². The number of hydrogen-bond acceptors (Lipinski definition) is 3. The van der Waals surface area contributed by atoms with E-state index in [0.717, 1.165) is 14.5 Å². The highest BCUT2D eigenvalue weighted by Crippen LogP contribution is 2.25. The van der Waals surface area contributed by atoms with Gasteiger partial charge in [0.05, 0.1) is 5.52 Å². The van der Waals surface area contributed by atoms with Crippen molar-refractivity contribution in [2.45, 2.75) is 6.92 Å². The summed E-state index contributed by atoms with van der Waals surface area (Å²) >= 11 is 6.86. The number of carbonyl (C=O) groups is 3. The van der Waals surface area contributed by atoms with E-state index >= 15 is 0 Å². The minimum Gasteiger partial charge on any atom is -0.321 e. The van der Waals surface area contributed by atoms with Gasteiger partial charge in [0.25, 0.3) is 5.91 Å². The highest BCUT2D eigenvalue weighted by molar-refractivity contribution is 9.10. The number of nitrogens with one attached hydrogen (secondary N) is 3. The number of halogens is 2. The van der Waals surface area contributed by atoms with E-state index in [1.165, 1.54) is 4.68 Å². The van der Waals surface area contributed by atoms with E-state index in [1.807, 2.05) is 25.1 Å². The summed E-state index contributed by atoms with van der Waals surface area (Å²) in [6, 6.07) is 21.1. The lowest BCUT2D eigenvalue weighted by Gasteiger charge is -2.13. The minimum absolute atomic E-state index is 0.171. The lowest BCUT2D eigenvalue weighted by molar-refractivity contribution is -0.133. The Hall–Kier alpha value is -3.43. The largest absolute Gasteiger partial charge is 0.328 e. The van der Waals surface area contributed by atoms with Gasteiger partial charge in [0, 0.05) is 25.7 Å². The maximum atomic E-state index is 13.1. The van der Waals surface area contributed by atoms with Gasteiger partial charge in [-0.05, 0) is 67.1 Å². The lowest BCUT2D eigenvalue weighted by Crippen LogP contribution is -2.36. The van der Waals surface area contributed by atoms with Crippen LogP contribution in [0.2, 0.25) is 0 Å². The molecule has 4 rings (SSSR count). The van der Waals surface area contributed by atoms with E-state index in [-0.39, 0.29) is 5.69 Å². The van der Waals surface area contributed by atoms with E-state index in [9.17, 15) is 14.4 Å². The van der Waals surface area contributed by atoms with Gasteiger partial charge in [-0.3, -0.25) is 19.8 Å². The van der Waals surface area contributed by atoms with Crippen LogP contribution >= 0.6 is 31.9 Å². The monoisotopic (exact) mass is 568 g/mol. The molecule has 3 N–H and O–H groups in total. The number of fused-ring (bicyclic) bond motifs is 1. The molecule has 0 unspecified atom stereocenters. The molecule has 7 nitrogen and oxygen atoms in total. The molecule has 33 heavy (non-hydrogen) atoms. The van der Waals surface area contributed by atoms with Crippen LogP contribution in [-0.2, 0) is 9.59 Å². The van der Waals surface area contributed by atoms with Gasteiger partial charge in [-0.2, -0.15) is 0 Å². The van der Waals surface area contributed by atoms with Crippen LogP contribution in [0.25, 0.3) is 10.9 Å². The molecule has 9 heteroatoms. The second-order valence-electron chi connectivity index (χ2n) is 7.25. The van der Waals surface area contributed by atoms with Gasteiger partial charge in [-0.1, -0.05) is 50.1 Å². The van der Waals surface area contributed by atoms with Gasteiger partial charge in [-0.15, -0.1) is 0 Å². The van der Waals surface area contributed by atoms with Crippen LogP contribution in [0.5, 0.6) is 0 Å². The summed E-state index contributed by atoms with van der Waals surface area (Å²) in [5.41, 5.74) is 5.33. The quantitative estimate of drug-likeness (QED) is 0.286. The first-order chi connectivity index (χ1) is 15.8. The molecule has 0 fully saturated rings. The first kappa shape index (κ1) is 22.8. The van der Waals surface area contributed by atoms with Crippen molar-refractivity contribution in [3.05, 3.63) is 93.0 Å². The summed E-state index contributed by atoms with van der Waals surface area (Å²) in [6.45, 7) is 1.92. The molecule has 0 radical (unpaired) electrons. The maximum absolute atomic E-state index is 13.1. The summed E-state index contributed by atoms with van der Waals surface area (Å²) in [4.78, 5) is 38.2. The number of benzene rings is 3. The van der Waals surface area contributed by atoms with Crippen molar-refractivity contribution < 1.29 is 14.4 Å². The zero-order valence-corrected chi connectivity index (χ0v) is 20.5. The number of para-hydroxylation sites is 1. The van der Waals surface area contributed by atoms with Crippen molar-refractivity contribution in [2.24, 2.45) is 0 Å². The number of aromatic nitrogens is 1. The molecule has 0 aliphatic heterocycles. The third-order valence-electron chi connectivity index (χ3n) is 4.86. The van der Waals surface area contributed by atoms with E-state index in [2.05, 4.69) is 47.9 Å². The first-order valence-corrected chi connectivity index (χ1v) is 11.5. The smallest absolute Gasteiger partial charge is 0.321 e. The Labute approximate surface area is 206 Å². The molecular weight excluding hydrogens is 552 g/mol. The molecule has 166 valence electrons. The van der Waals surface area contributed by atoms with Crippen molar-refractivity contribution in [3.63, 3.8) is 0 Å². The Bertz CT molecular complexity index is 1380. The summed E-state index contributed by atoms with van der Waals surface area (Å²) in [7, 11) is 0. The molecule has 0 aliphatic carbocycles. The SMILES string of the molecule is Cc1cc(NC(=O)c2cc3cc(Br)ccc3n2NC(=O)C(=O)Nc2ccccc2)ccc1Br. The summed E-state index contributed by atoms with van der Waals surface area (Å²) in [5.74, 6) is -2.20. The van der Waals surface area contributed by atoms with Gasteiger partial charge in [0.2, 0.25) is 0 Å². The predicted molar refractivity (Wildman–Crippen MR) is 136 cm³/mol. The van der Waals surface area contributed by atoms with Crippen LogP contribution in [0.1, 0.15) is 16.1 Å². The zero-order valence-electron chi connectivity index (χ0n) is 17.4. The standard InChI is InChI=1S/C24H18Br2N4O3/c1-14-11-18(8-9-19(14)26)28-22(31)21-13-15-12-16(25)7-10-20(15)30(21)29-24(33)23(32)27-17-5-3-2-4-6-17/h2-13H,1H3,(H,27,32)(H,28,31)(H,29,33). The van der Waals surface area contributed by atoms with Crippen LogP contribution < -0.4 is 16.1 Å². The minimum atomic E-state index is -0.909. The van der Waals surface area contributed by atoms with Crippen molar-refractivity contribution in [3.8, 4) is 0 Å². The molecule has 1 aromatic heterocycles. The fourth-order valence-electron chi connectivity index (χ4n) is 3.25. The maximum Gasteiger partial charge on any atom is 0.328 e. The number of nitrogens with zero attached hydrogens (tertiary/aromatic N) is 1. The van der Waals surface area contributed by atoms with Crippen molar-refractivity contribution in [1.29, 1.82) is 0 Å². The van der Waals surface area contributed by atoms with Gasteiger partial charge in [0.15, 0.2) is 0 Å². The van der Waals surface area contributed by atoms with E-state index < -0.39 is 17.7 Å². The molecule has 0 spiro atoms. The Morgan fingerprint density at radius 2 is 1.55 bits per heavy atom. The van der Waals surface area contributed by atoms with Gasteiger partial charge in [-0.25, -0.2) is 4.68 Å². The van der Waals surface area contributed by atoms with E-state index in [0.29, 0.717) is 22.3 Å². The fraction of sp³-hybridized carbons (Fsp3) is 0.0417. The third-order valence-corrected chi connectivity index (χ3v) is 6.25. The molecule has 3 aromatic carbocycles. The highest BCUT2D eigenvalue weighted by Gasteiger charge is 2.21. The third kappa shape index (κ3) is 5.15. The molecule has 0 atom stereocenters. The van der Waals surface area contributed by atoms with E-state index in [1.54, 1.807) is 54.6 Å². The first-order valence-electron chi connectivity index (χ1n) is 9.88. The second-order valence-corrected chi connectivity index (χ2v) is 9.02. The number of aryl methyl sites for hydroxylation is 1. The van der Waals surface area contributed by atoms with Gasteiger partial charge >= 0.3 is 11.8 Å². The molecular formula is C24H18Br2N4O3. The highest BCUT2D eigenvalue weighted by atomic mass is 79.9. The van der Waals surface area contributed by atoms with Crippen LogP contribution in [-0.4, -0.2) is 22.4 Å². The van der Waals surface area contributed by atoms with Crippen molar-refractivity contribution in [1.82, 2.24) is 4.68 Å². The Morgan fingerprint density at radius 1 is 0.788 bits per heavy atom. The number of amides is 3. The normalized spacial score (nSPS) is 10.6. The fourth-order valence-corrected chi connectivity index (χ4v) is 3.88. The number of anilines is 2. The molecule has 0 aliphatic rings. The Balaban J connectivity index is 1.64. The predicted octanol–water partition coefficient (Wildman–Crippen LogP) is 5.44. The topological polar surface area (TPSA) is 92.2 Å².